The zero-order valence-electron chi connectivity index (χ0n) is 9.39. The molecular weight excluding hydrogens is 216 g/mol. The summed E-state index contributed by atoms with van der Waals surface area (Å²) in [5.41, 5.74) is 0.551. The molecule has 1 heterocycles. The molecule has 0 fully saturated rings. The summed E-state index contributed by atoms with van der Waals surface area (Å²) in [5.74, 6) is 0.919. The Labute approximate surface area is 94.4 Å². The van der Waals surface area contributed by atoms with E-state index in [1.54, 1.807) is 7.11 Å². The number of ether oxygens (including phenoxy) is 1. The standard InChI is InChI=1S/C11H15ClO3/c1-11(2,3)8-5-7(6-14-4)9(15-8)10(12)13/h5H,6H2,1-4H3. The van der Waals surface area contributed by atoms with Gasteiger partial charge in [0.25, 0.3) is 5.24 Å². The van der Waals surface area contributed by atoms with Gasteiger partial charge in [0.1, 0.15) is 5.76 Å². The average Bonchev–Trinajstić information content (AvgIpc) is 2.48. The normalized spacial score (nSPS) is 11.8. The highest BCUT2D eigenvalue weighted by atomic mass is 35.5. The van der Waals surface area contributed by atoms with Gasteiger partial charge in [-0.2, -0.15) is 0 Å². The average molecular weight is 231 g/mol. The van der Waals surface area contributed by atoms with Gasteiger partial charge in [0, 0.05) is 18.1 Å². The summed E-state index contributed by atoms with van der Waals surface area (Å²) in [6, 6.07) is 1.82. The van der Waals surface area contributed by atoms with Crippen LogP contribution in [0.2, 0.25) is 0 Å². The van der Waals surface area contributed by atoms with Crippen molar-refractivity contribution in [3.05, 3.63) is 23.2 Å². The summed E-state index contributed by atoms with van der Waals surface area (Å²) >= 11 is 5.42. The molecule has 0 bridgehead atoms. The largest absolute Gasteiger partial charge is 0.456 e. The van der Waals surface area contributed by atoms with Gasteiger partial charge in [0.2, 0.25) is 0 Å². The van der Waals surface area contributed by atoms with Crippen LogP contribution in [0.4, 0.5) is 0 Å². The molecule has 0 amide bonds. The molecule has 0 unspecified atom stereocenters. The van der Waals surface area contributed by atoms with E-state index in [-0.39, 0.29) is 11.2 Å². The number of rotatable bonds is 3. The second kappa shape index (κ2) is 4.37. The van der Waals surface area contributed by atoms with E-state index < -0.39 is 5.24 Å². The Morgan fingerprint density at radius 1 is 1.53 bits per heavy atom. The molecule has 0 radical (unpaired) electrons. The Hall–Kier alpha value is -0.800. The summed E-state index contributed by atoms with van der Waals surface area (Å²) in [6.07, 6.45) is 0. The summed E-state index contributed by atoms with van der Waals surface area (Å²) < 4.78 is 10.4. The topological polar surface area (TPSA) is 39.4 Å². The van der Waals surface area contributed by atoms with E-state index >= 15 is 0 Å². The van der Waals surface area contributed by atoms with Crippen molar-refractivity contribution in [1.29, 1.82) is 0 Å². The summed E-state index contributed by atoms with van der Waals surface area (Å²) in [5, 5.41) is -0.586. The molecule has 84 valence electrons. The van der Waals surface area contributed by atoms with Gasteiger partial charge < -0.3 is 9.15 Å². The maximum atomic E-state index is 11.1. The summed E-state index contributed by atoms with van der Waals surface area (Å²) in [7, 11) is 1.56. The Morgan fingerprint density at radius 3 is 2.53 bits per heavy atom. The van der Waals surface area contributed by atoms with Crippen LogP contribution >= 0.6 is 11.6 Å². The Kier molecular flexibility index (Phi) is 3.58. The fraction of sp³-hybridized carbons (Fsp3) is 0.545. The summed E-state index contributed by atoms with van der Waals surface area (Å²) in [6.45, 7) is 6.34. The molecule has 3 nitrogen and oxygen atoms in total. The Bertz CT molecular complexity index is 360. The quantitative estimate of drug-likeness (QED) is 0.749. The second-order valence-corrected chi connectivity index (χ2v) is 4.77. The van der Waals surface area contributed by atoms with Gasteiger partial charge in [-0.05, 0) is 17.7 Å². The van der Waals surface area contributed by atoms with Crippen LogP contribution < -0.4 is 0 Å². The highest BCUT2D eigenvalue weighted by Gasteiger charge is 2.23. The first-order chi connectivity index (χ1) is 6.86. The zero-order valence-corrected chi connectivity index (χ0v) is 10.1. The van der Waals surface area contributed by atoms with Crippen molar-refractivity contribution in [2.24, 2.45) is 0 Å². The van der Waals surface area contributed by atoms with Gasteiger partial charge in [-0.15, -0.1) is 0 Å². The van der Waals surface area contributed by atoms with E-state index in [4.69, 9.17) is 20.8 Å². The van der Waals surface area contributed by atoms with Crippen molar-refractivity contribution in [2.45, 2.75) is 32.8 Å². The molecule has 0 aromatic carbocycles. The third-order valence-electron chi connectivity index (χ3n) is 2.03. The van der Waals surface area contributed by atoms with Crippen LogP contribution in [-0.2, 0) is 16.8 Å². The van der Waals surface area contributed by atoms with Crippen molar-refractivity contribution in [3.63, 3.8) is 0 Å². The minimum Gasteiger partial charge on any atom is -0.456 e. The van der Waals surface area contributed by atoms with E-state index in [2.05, 4.69) is 0 Å². The molecule has 0 atom stereocenters. The molecule has 4 heteroatoms. The first-order valence-electron chi connectivity index (χ1n) is 4.68. The minimum absolute atomic E-state index is 0.146. The number of methoxy groups -OCH3 is 1. The van der Waals surface area contributed by atoms with Crippen LogP contribution in [0.15, 0.2) is 10.5 Å². The second-order valence-electron chi connectivity index (χ2n) is 4.42. The Balaban J connectivity index is 3.15. The maximum absolute atomic E-state index is 11.1. The van der Waals surface area contributed by atoms with Gasteiger partial charge in [-0.25, -0.2) is 0 Å². The number of carbonyl (C=O) groups excluding carboxylic acids is 1. The molecule has 0 aliphatic rings. The molecular formula is C11H15ClO3. The van der Waals surface area contributed by atoms with Crippen molar-refractivity contribution in [2.75, 3.05) is 7.11 Å². The lowest BCUT2D eigenvalue weighted by molar-refractivity contribution is 0.104. The first kappa shape index (κ1) is 12.3. The van der Waals surface area contributed by atoms with Crippen molar-refractivity contribution >= 4 is 16.8 Å². The number of halogens is 1. The smallest absolute Gasteiger partial charge is 0.288 e. The van der Waals surface area contributed by atoms with Gasteiger partial charge in [-0.1, -0.05) is 20.8 Å². The van der Waals surface area contributed by atoms with Crippen LogP contribution in [0.1, 0.15) is 42.6 Å². The minimum atomic E-state index is -0.586. The van der Waals surface area contributed by atoms with E-state index in [9.17, 15) is 4.79 Å². The number of hydrogen-bond acceptors (Lipinski definition) is 3. The van der Waals surface area contributed by atoms with Crippen molar-refractivity contribution < 1.29 is 13.9 Å². The van der Waals surface area contributed by atoms with E-state index in [1.165, 1.54) is 0 Å². The molecule has 1 aromatic heterocycles. The predicted molar refractivity (Wildman–Crippen MR) is 58.3 cm³/mol. The van der Waals surface area contributed by atoms with Crippen molar-refractivity contribution in [3.8, 4) is 0 Å². The molecule has 0 N–H and O–H groups in total. The molecule has 1 rings (SSSR count). The van der Waals surface area contributed by atoms with Gasteiger partial charge in [0.05, 0.1) is 6.61 Å². The van der Waals surface area contributed by atoms with Gasteiger partial charge >= 0.3 is 0 Å². The SMILES string of the molecule is COCc1cc(C(C)(C)C)oc1C(=O)Cl. The number of hydrogen-bond donors (Lipinski definition) is 0. The Morgan fingerprint density at radius 2 is 2.13 bits per heavy atom. The van der Waals surface area contributed by atoms with Gasteiger partial charge in [-0.3, -0.25) is 4.79 Å². The molecule has 15 heavy (non-hydrogen) atoms. The molecule has 0 spiro atoms. The third kappa shape index (κ3) is 2.83. The van der Waals surface area contributed by atoms with Gasteiger partial charge in [0.15, 0.2) is 5.76 Å². The lowest BCUT2D eigenvalue weighted by atomic mass is 9.93. The van der Waals surface area contributed by atoms with E-state index in [0.29, 0.717) is 12.2 Å². The zero-order chi connectivity index (χ0) is 11.6. The molecule has 0 saturated carbocycles. The number of carbonyl (C=O) groups is 1. The molecule has 0 aliphatic heterocycles. The van der Waals surface area contributed by atoms with E-state index in [0.717, 1.165) is 5.76 Å². The van der Waals surface area contributed by atoms with Crippen molar-refractivity contribution in [1.82, 2.24) is 0 Å². The van der Waals surface area contributed by atoms with Crippen LogP contribution in [-0.4, -0.2) is 12.4 Å². The first-order valence-corrected chi connectivity index (χ1v) is 5.06. The fourth-order valence-corrected chi connectivity index (χ4v) is 1.39. The molecule has 1 aromatic rings. The monoisotopic (exact) mass is 230 g/mol. The lowest BCUT2D eigenvalue weighted by Crippen LogP contribution is -2.09. The molecule has 0 saturated heterocycles. The van der Waals surface area contributed by atoms with Crippen LogP contribution in [0, 0.1) is 0 Å². The fourth-order valence-electron chi connectivity index (χ4n) is 1.23. The maximum Gasteiger partial charge on any atom is 0.288 e. The highest BCUT2D eigenvalue weighted by molar-refractivity contribution is 6.67. The number of furan rings is 1. The highest BCUT2D eigenvalue weighted by Crippen LogP contribution is 2.28. The van der Waals surface area contributed by atoms with Crippen LogP contribution in [0.25, 0.3) is 0 Å². The summed E-state index contributed by atoms with van der Waals surface area (Å²) in [4.78, 5) is 11.1. The lowest BCUT2D eigenvalue weighted by Gasteiger charge is -2.13. The van der Waals surface area contributed by atoms with Crippen LogP contribution in [0.3, 0.4) is 0 Å². The third-order valence-corrected chi connectivity index (χ3v) is 2.20. The predicted octanol–water partition coefficient (Wildman–Crippen LogP) is 3.10. The van der Waals surface area contributed by atoms with E-state index in [1.807, 2.05) is 26.8 Å². The molecule has 0 aliphatic carbocycles. The van der Waals surface area contributed by atoms with Crippen LogP contribution in [0.5, 0.6) is 0 Å².